The van der Waals surface area contributed by atoms with Crippen molar-refractivity contribution in [1.82, 2.24) is 0 Å². The molecule has 0 bridgehead atoms. The Kier molecular flexibility index (Phi) is 20.0. The van der Waals surface area contributed by atoms with Crippen molar-refractivity contribution in [3.63, 3.8) is 0 Å². The molecule has 0 N–H and O–H groups in total. The van der Waals surface area contributed by atoms with Crippen LogP contribution in [0.3, 0.4) is 0 Å². The van der Waals surface area contributed by atoms with Crippen LogP contribution in [0.2, 0.25) is 0 Å². The molecule has 12 heavy (non-hydrogen) atoms. The zero-order valence-electron chi connectivity index (χ0n) is 9.14. The summed E-state index contributed by atoms with van der Waals surface area (Å²) in [5.41, 5.74) is -0.750. The molecule has 4 heteroatoms. The van der Waals surface area contributed by atoms with Gasteiger partial charge in [-0.05, 0) is 0 Å². The third kappa shape index (κ3) is 62.4. The Morgan fingerprint density at radius 2 is 1.17 bits per heavy atom. The topological polar surface area (TPSA) is 41.5 Å². The van der Waals surface area contributed by atoms with E-state index in [4.69, 9.17) is 0 Å². The molecular formula is C8H19KO3. The molecule has 0 heterocycles. The molecule has 0 aromatic rings. The van der Waals surface area contributed by atoms with Gasteiger partial charge < -0.3 is 14.6 Å². The van der Waals surface area contributed by atoms with Gasteiger partial charge in [-0.1, -0.05) is 20.8 Å². The Bertz CT molecular complexity index is 61.2. The van der Waals surface area contributed by atoms with E-state index >= 15 is 0 Å². The number of rotatable bonds is 3. The zero-order chi connectivity index (χ0) is 9.33. The van der Waals surface area contributed by atoms with Crippen molar-refractivity contribution in [3.8, 4) is 0 Å². The normalized spacial score (nSPS) is 9.50. The molecule has 0 aliphatic carbocycles. The molecule has 0 atom stereocenters. The molecule has 0 aromatic heterocycles. The zero-order valence-corrected chi connectivity index (χ0v) is 12.3. The van der Waals surface area contributed by atoms with E-state index in [0.29, 0.717) is 13.2 Å². The third-order valence-electron chi connectivity index (χ3n) is 0.492. The van der Waals surface area contributed by atoms with E-state index in [2.05, 4.69) is 9.47 Å². The van der Waals surface area contributed by atoms with Crippen LogP contribution in [0.4, 0.5) is 0 Å². The molecule has 0 rings (SSSR count). The Morgan fingerprint density at radius 3 is 1.25 bits per heavy atom. The maximum atomic E-state index is 10.1. The van der Waals surface area contributed by atoms with Gasteiger partial charge in [0, 0.05) is 14.2 Å². The van der Waals surface area contributed by atoms with E-state index in [1.54, 1.807) is 35.0 Å². The third-order valence-corrected chi connectivity index (χ3v) is 0.492. The molecule has 3 nitrogen and oxygen atoms in total. The van der Waals surface area contributed by atoms with Crippen LogP contribution in [0.15, 0.2) is 0 Å². The second-order valence-electron chi connectivity index (χ2n) is 3.10. The van der Waals surface area contributed by atoms with Crippen molar-refractivity contribution < 1.29 is 66.0 Å². The Hall–Kier alpha value is 1.52. The predicted octanol–water partition coefficient (Wildman–Crippen LogP) is -2.57. The van der Waals surface area contributed by atoms with Crippen LogP contribution >= 0.6 is 0 Å². The molecule has 0 saturated carbocycles. The average molecular weight is 202 g/mol. The van der Waals surface area contributed by atoms with Crippen molar-refractivity contribution in [2.45, 2.75) is 26.4 Å². The van der Waals surface area contributed by atoms with E-state index in [0.717, 1.165) is 0 Å². The van der Waals surface area contributed by atoms with Gasteiger partial charge in [0.15, 0.2) is 0 Å². The average Bonchev–Trinajstić information content (AvgIpc) is 1.79. The smallest absolute Gasteiger partial charge is 0.850 e. The van der Waals surface area contributed by atoms with Crippen LogP contribution in [0.5, 0.6) is 0 Å². The van der Waals surface area contributed by atoms with Crippen molar-refractivity contribution in [1.29, 1.82) is 0 Å². The first kappa shape index (κ1) is 19.1. The van der Waals surface area contributed by atoms with Crippen LogP contribution in [0, 0.1) is 0 Å². The van der Waals surface area contributed by atoms with E-state index < -0.39 is 5.60 Å². The Balaban J connectivity index is -0.000000126. The molecule has 0 unspecified atom stereocenters. The van der Waals surface area contributed by atoms with Gasteiger partial charge in [-0.25, -0.2) is 0 Å². The minimum Gasteiger partial charge on any atom is -0.850 e. The van der Waals surface area contributed by atoms with Crippen LogP contribution in [0.25, 0.3) is 0 Å². The summed E-state index contributed by atoms with van der Waals surface area (Å²) in [7, 11) is 3.30. The van der Waals surface area contributed by atoms with Gasteiger partial charge in [0.2, 0.25) is 0 Å². The first-order valence-electron chi connectivity index (χ1n) is 3.60. The molecule has 0 spiro atoms. The monoisotopic (exact) mass is 202 g/mol. The fraction of sp³-hybridized carbons (Fsp3) is 1.00. The summed E-state index contributed by atoms with van der Waals surface area (Å²) in [6.45, 7) is 6.28. The summed E-state index contributed by atoms with van der Waals surface area (Å²) < 4.78 is 9.31. The van der Waals surface area contributed by atoms with Crippen LogP contribution in [-0.4, -0.2) is 33.0 Å². The van der Waals surface area contributed by atoms with Gasteiger partial charge in [-0.15, -0.1) is 5.60 Å². The van der Waals surface area contributed by atoms with Gasteiger partial charge in [0.05, 0.1) is 13.2 Å². The van der Waals surface area contributed by atoms with E-state index in [-0.39, 0.29) is 51.4 Å². The molecule has 0 aromatic carbocycles. The minimum atomic E-state index is -0.750. The van der Waals surface area contributed by atoms with Crippen LogP contribution in [0.1, 0.15) is 20.8 Å². The van der Waals surface area contributed by atoms with Crippen LogP contribution < -0.4 is 56.5 Å². The summed E-state index contributed by atoms with van der Waals surface area (Å²) in [5, 5.41) is 10.1. The molecule has 0 radical (unpaired) electrons. The fourth-order valence-electron chi connectivity index (χ4n) is 0.167. The molecule has 0 aliphatic heterocycles. The summed E-state index contributed by atoms with van der Waals surface area (Å²) in [6.07, 6.45) is 0. The number of methoxy groups -OCH3 is 2. The summed E-state index contributed by atoms with van der Waals surface area (Å²) in [5.74, 6) is 0. The minimum absolute atomic E-state index is 0. The SMILES string of the molecule is CC(C)(C)[O-].COCCOC.[K+]. The predicted molar refractivity (Wildman–Crippen MR) is 43.5 cm³/mol. The molecule has 0 fully saturated rings. The largest absolute Gasteiger partial charge is 1.00 e. The number of hydrogen-bond acceptors (Lipinski definition) is 3. The molecular weight excluding hydrogens is 183 g/mol. The maximum absolute atomic E-state index is 10.1. The van der Waals surface area contributed by atoms with Gasteiger partial charge in [0.25, 0.3) is 0 Å². The van der Waals surface area contributed by atoms with Gasteiger partial charge in [-0.3, -0.25) is 0 Å². The summed E-state index contributed by atoms with van der Waals surface area (Å²) >= 11 is 0. The van der Waals surface area contributed by atoms with E-state index in [1.807, 2.05) is 0 Å². The van der Waals surface area contributed by atoms with Crippen LogP contribution in [-0.2, 0) is 9.47 Å². The van der Waals surface area contributed by atoms with Gasteiger partial charge in [0.1, 0.15) is 0 Å². The molecule has 70 valence electrons. The summed E-state index contributed by atoms with van der Waals surface area (Å²) in [6, 6.07) is 0. The van der Waals surface area contributed by atoms with Crippen molar-refractivity contribution in [3.05, 3.63) is 0 Å². The Morgan fingerprint density at radius 1 is 1.00 bits per heavy atom. The quantitative estimate of drug-likeness (QED) is 0.373. The number of ether oxygens (including phenoxy) is 2. The number of hydrogen-bond donors (Lipinski definition) is 0. The van der Waals surface area contributed by atoms with Crippen molar-refractivity contribution >= 4 is 0 Å². The first-order valence-corrected chi connectivity index (χ1v) is 3.60. The molecule has 0 aliphatic rings. The van der Waals surface area contributed by atoms with E-state index in [9.17, 15) is 5.11 Å². The van der Waals surface area contributed by atoms with Crippen molar-refractivity contribution in [2.24, 2.45) is 0 Å². The second kappa shape index (κ2) is 12.5. The standard InChI is InChI=1S/C4H10O2.C4H9O.K/c1-5-3-4-6-2;1-4(2,3)5;/h3-4H2,1-2H3;1-3H3;/q;-1;+1. The van der Waals surface area contributed by atoms with Gasteiger partial charge >= 0.3 is 51.4 Å². The molecule has 0 saturated heterocycles. The van der Waals surface area contributed by atoms with Crippen molar-refractivity contribution in [2.75, 3.05) is 27.4 Å². The van der Waals surface area contributed by atoms with E-state index in [1.165, 1.54) is 0 Å². The Labute approximate surface area is 118 Å². The first-order chi connectivity index (χ1) is 4.91. The van der Waals surface area contributed by atoms with Gasteiger partial charge in [-0.2, -0.15) is 0 Å². The summed E-state index contributed by atoms with van der Waals surface area (Å²) in [4.78, 5) is 0. The maximum Gasteiger partial charge on any atom is 1.00 e. The molecule has 0 amide bonds. The fourth-order valence-corrected chi connectivity index (χ4v) is 0.167. The second-order valence-corrected chi connectivity index (χ2v) is 3.10.